The van der Waals surface area contributed by atoms with Gasteiger partial charge < -0.3 is 4.90 Å². The molecule has 0 aromatic heterocycles. The van der Waals surface area contributed by atoms with Crippen LogP contribution < -0.4 is 0 Å². The summed E-state index contributed by atoms with van der Waals surface area (Å²) in [5.41, 5.74) is 1.73. The lowest BCUT2D eigenvalue weighted by molar-refractivity contribution is -0.131. The number of carbonyl (C=O) groups excluding carboxylic acids is 1. The molecule has 0 aliphatic heterocycles. The van der Waals surface area contributed by atoms with Crippen molar-refractivity contribution in [2.45, 2.75) is 18.8 Å². The number of hydrogen-bond donors (Lipinski definition) is 0. The molecule has 21 heavy (non-hydrogen) atoms. The maximum Gasteiger partial charge on any atom is 0.245 e. The highest BCUT2D eigenvalue weighted by Crippen LogP contribution is 2.25. The molecule has 0 aliphatic rings. The van der Waals surface area contributed by atoms with Crippen molar-refractivity contribution in [3.05, 3.63) is 70.7 Å². The Morgan fingerprint density at radius 2 is 1.71 bits per heavy atom. The molecular weight excluding hydrogens is 305 g/mol. The maximum atomic E-state index is 12.5. The minimum absolute atomic E-state index is 0.106. The fourth-order valence-corrected chi connectivity index (χ4v) is 2.58. The molecule has 1 unspecified atom stereocenters. The molecule has 2 rings (SSSR count). The highest BCUT2D eigenvalue weighted by Gasteiger charge is 2.23. The zero-order chi connectivity index (χ0) is 15.2. The minimum Gasteiger partial charge on any atom is -0.337 e. The van der Waals surface area contributed by atoms with E-state index in [2.05, 4.69) is 0 Å². The van der Waals surface area contributed by atoms with Crippen molar-refractivity contribution >= 4 is 29.1 Å². The fourth-order valence-electron chi connectivity index (χ4n) is 2.10. The third-order valence-corrected chi connectivity index (χ3v) is 4.13. The van der Waals surface area contributed by atoms with Crippen molar-refractivity contribution in [1.29, 1.82) is 0 Å². The van der Waals surface area contributed by atoms with Crippen LogP contribution in [0.3, 0.4) is 0 Å². The maximum absolute atomic E-state index is 12.5. The second-order valence-corrected chi connectivity index (χ2v) is 5.56. The number of halogens is 2. The fraction of sp³-hybridized carbons (Fsp3) is 0.235. The third-order valence-electron chi connectivity index (χ3n) is 3.32. The molecule has 1 atom stereocenters. The van der Waals surface area contributed by atoms with Crippen LogP contribution in [0, 0.1) is 0 Å². The van der Waals surface area contributed by atoms with Crippen LogP contribution in [0.2, 0.25) is 5.02 Å². The van der Waals surface area contributed by atoms with Gasteiger partial charge in [-0.3, -0.25) is 4.79 Å². The average Bonchev–Trinajstić information content (AvgIpc) is 2.53. The number of benzene rings is 2. The topological polar surface area (TPSA) is 20.3 Å². The van der Waals surface area contributed by atoms with E-state index in [-0.39, 0.29) is 5.91 Å². The van der Waals surface area contributed by atoms with E-state index in [4.69, 9.17) is 23.2 Å². The van der Waals surface area contributed by atoms with Crippen molar-refractivity contribution in [3.8, 4) is 0 Å². The lowest BCUT2D eigenvalue weighted by atomic mass is 10.1. The number of hydrogen-bond acceptors (Lipinski definition) is 1. The van der Waals surface area contributed by atoms with E-state index in [1.807, 2.05) is 61.5 Å². The summed E-state index contributed by atoms with van der Waals surface area (Å²) in [6.07, 6.45) is 0. The molecule has 0 spiro atoms. The van der Waals surface area contributed by atoms with Crippen molar-refractivity contribution in [3.63, 3.8) is 0 Å². The highest BCUT2D eigenvalue weighted by atomic mass is 35.5. The summed E-state index contributed by atoms with van der Waals surface area (Å²) in [6.45, 7) is 2.98. The molecule has 110 valence electrons. The SMILES string of the molecule is CCN(Cc1ccccc1Cl)C(=O)C(Cl)c1ccccc1. The molecule has 0 bridgehead atoms. The number of likely N-dealkylation sites (N-methyl/N-ethyl adjacent to an activating group) is 1. The Balaban J connectivity index is 2.14. The van der Waals surface area contributed by atoms with Gasteiger partial charge in [-0.15, -0.1) is 11.6 Å². The minimum atomic E-state index is -0.673. The van der Waals surface area contributed by atoms with Crippen LogP contribution in [0.25, 0.3) is 0 Å². The van der Waals surface area contributed by atoms with E-state index in [1.165, 1.54) is 0 Å². The van der Waals surface area contributed by atoms with Crippen LogP contribution in [0.4, 0.5) is 0 Å². The zero-order valence-electron chi connectivity index (χ0n) is 11.8. The lowest BCUT2D eigenvalue weighted by Gasteiger charge is -2.24. The Labute approximate surface area is 135 Å². The Morgan fingerprint density at radius 3 is 2.33 bits per heavy atom. The first kappa shape index (κ1) is 15.9. The molecule has 0 fully saturated rings. The predicted octanol–water partition coefficient (Wildman–Crippen LogP) is 4.67. The van der Waals surface area contributed by atoms with Crippen molar-refractivity contribution < 1.29 is 4.79 Å². The van der Waals surface area contributed by atoms with Gasteiger partial charge in [-0.25, -0.2) is 0 Å². The molecule has 2 aromatic rings. The monoisotopic (exact) mass is 321 g/mol. The van der Waals surface area contributed by atoms with E-state index < -0.39 is 5.38 Å². The highest BCUT2D eigenvalue weighted by molar-refractivity contribution is 6.31. The Kier molecular flexibility index (Phi) is 5.66. The summed E-state index contributed by atoms with van der Waals surface area (Å²) in [6, 6.07) is 16.9. The summed E-state index contributed by atoms with van der Waals surface area (Å²) in [5.74, 6) is -0.106. The number of carbonyl (C=O) groups is 1. The van der Waals surface area contributed by atoms with Crippen LogP contribution in [0.5, 0.6) is 0 Å². The summed E-state index contributed by atoms with van der Waals surface area (Å²) >= 11 is 12.5. The van der Waals surface area contributed by atoms with Gasteiger partial charge in [0.25, 0.3) is 0 Å². The molecule has 0 aliphatic carbocycles. The lowest BCUT2D eigenvalue weighted by Crippen LogP contribution is -2.33. The average molecular weight is 322 g/mol. The Morgan fingerprint density at radius 1 is 1.10 bits per heavy atom. The van der Waals surface area contributed by atoms with Crippen molar-refractivity contribution in [1.82, 2.24) is 4.90 Å². The van der Waals surface area contributed by atoms with Crippen molar-refractivity contribution in [2.75, 3.05) is 6.54 Å². The van der Waals surface area contributed by atoms with E-state index in [0.29, 0.717) is 18.1 Å². The first-order valence-corrected chi connectivity index (χ1v) is 7.66. The largest absolute Gasteiger partial charge is 0.337 e. The van der Waals surface area contributed by atoms with Crippen LogP contribution in [0.1, 0.15) is 23.4 Å². The van der Waals surface area contributed by atoms with Crippen LogP contribution in [-0.4, -0.2) is 17.4 Å². The van der Waals surface area contributed by atoms with Gasteiger partial charge in [0.15, 0.2) is 0 Å². The van der Waals surface area contributed by atoms with E-state index in [9.17, 15) is 4.79 Å². The molecular formula is C17H17Cl2NO. The molecule has 2 aromatic carbocycles. The smallest absolute Gasteiger partial charge is 0.245 e. The van der Waals surface area contributed by atoms with E-state index >= 15 is 0 Å². The zero-order valence-corrected chi connectivity index (χ0v) is 13.3. The van der Waals surface area contributed by atoms with Gasteiger partial charge in [0.2, 0.25) is 5.91 Å². The standard InChI is InChI=1S/C17H17Cl2NO/c1-2-20(12-14-10-6-7-11-15(14)18)17(21)16(19)13-8-4-3-5-9-13/h3-11,16H,2,12H2,1H3. The Hall–Kier alpha value is -1.51. The molecule has 0 saturated carbocycles. The van der Waals surface area contributed by atoms with Gasteiger partial charge in [0.05, 0.1) is 0 Å². The molecule has 2 nitrogen and oxygen atoms in total. The normalized spacial score (nSPS) is 12.0. The van der Waals surface area contributed by atoms with Gasteiger partial charge in [0, 0.05) is 18.1 Å². The first-order valence-electron chi connectivity index (χ1n) is 6.84. The third kappa shape index (κ3) is 3.99. The molecule has 0 saturated heterocycles. The van der Waals surface area contributed by atoms with Crippen molar-refractivity contribution in [2.24, 2.45) is 0 Å². The molecule has 0 radical (unpaired) electrons. The van der Waals surface area contributed by atoms with Gasteiger partial charge in [-0.05, 0) is 24.1 Å². The first-order chi connectivity index (χ1) is 10.1. The van der Waals surface area contributed by atoms with Crippen LogP contribution >= 0.6 is 23.2 Å². The van der Waals surface area contributed by atoms with Gasteiger partial charge in [0.1, 0.15) is 5.38 Å². The summed E-state index contributed by atoms with van der Waals surface area (Å²) in [4.78, 5) is 14.3. The van der Waals surface area contributed by atoms with Crippen LogP contribution in [0.15, 0.2) is 54.6 Å². The molecule has 1 amide bonds. The number of alkyl halides is 1. The summed E-state index contributed by atoms with van der Waals surface area (Å²) < 4.78 is 0. The second-order valence-electron chi connectivity index (χ2n) is 4.72. The van der Waals surface area contributed by atoms with Gasteiger partial charge >= 0.3 is 0 Å². The van der Waals surface area contributed by atoms with Gasteiger partial charge in [-0.1, -0.05) is 60.1 Å². The Bertz CT molecular complexity index is 601. The van der Waals surface area contributed by atoms with E-state index in [1.54, 1.807) is 4.90 Å². The number of rotatable bonds is 5. The van der Waals surface area contributed by atoms with Crippen LogP contribution in [-0.2, 0) is 11.3 Å². The van der Waals surface area contributed by atoms with E-state index in [0.717, 1.165) is 11.1 Å². The number of nitrogens with zero attached hydrogens (tertiary/aromatic N) is 1. The molecule has 4 heteroatoms. The summed E-state index contributed by atoms with van der Waals surface area (Å²) in [7, 11) is 0. The predicted molar refractivity (Wildman–Crippen MR) is 87.6 cm³/mol. The number of amides is 1. The molecule has 0 N–H and O–H groups in total. The van der Waals surface area contributed by atoms with Gasteiger partial charge in [-0.2, -0.15) is 0 Å². The molecule has 0 heterocycles. The summed E-state index contributed by atoms with van der Waals surface area (Å²) in [5, 5.41) is -0.0109. The second kappa shape index (κ2) is 7.48. The quantitative estimate of drug-likeness (QED) is 0.733.